The van der Waals surface area contributed by atoms with Crippen LogP contribution in [0, 0.1) is 0 Å². The average molecular weight is 812 g/mol. The first-order chi connectivity index (χ1) is 30.5. The highest BCUT2D eigenvalue weighted by atomic mass is 32.1. The molecular formula is C59H41NOS. The maximum Gasteiger partial charge on any atom is 0.135 e. The van der Waals surface area contributed by atoms with Gasteiger partial charge in [0.15, 0.2) is 0 Å². The molecule has 1 aliphatic rings. The van der Waals surface area contributed by atoms with Gasteiger partial charge >= 0.3 is 0 Å². The molecule has 62 heavy (non-hydrogen) atoms. The number of benzene rings is 9. The zero-order chi connectivity index (χ0) is 41.4. The Bertz CT molecular complexity index is 3460. The highest BCUT2D eigenvalue weighted by Crippen LogP contribution is 2.56. The Balaban J connectivity index is 0.921. The largest absolute Gasteiger partial charge is 0.456 e. The first-order valence-corrected chi connectivity index (χ1v) is 22.1. The minimum absolute atomic E-state index is 0.0927. The van der Waals surface area contributed by atoms with E-state index in [-0.39, 0.29) is 5.41 Å². The van der Waals surface area contributed by atoms with Crippen LogP contribution in [0.5, 0.6) is 0 Å². The summed E-state index contributed by atoms with van der Waals surface area (Å²) < 4.78 is 7.51. The molecule has 0 fully saturated rings. The van der Waals surface area contributed by atoms with E-state index in [2.05, 4.69) is 219 Å². The molecule has 11 aromatic rings. The smallest absolute Gasteiger partial charge is 0.135 e. The average Bonchev–Trinajstić information content (AvgIpc) is 3.98. The fourth-order valence-corrected chi connectivity index (χ4v) is 11.1. The monoisotopic (exact) mass is 811 g/mol. The van der Waals surface area contributed by atoms with Gasteiger partial charge in [0, 0.05) is 42.8 Å². The lowest BCUT2D eigenvalue weighted by Gasteiger charge is -2.27. The van der Waals surface area contributed by atoms with E-state index < -0.39 is 0 Å². The van der Waals surface area contributed by atoms with Crippen LogP contribution in [0.1, 0.15) is 25.0 Å². The Hall–Kier alpha value is -7.46. The van der Waals surface area contributed by atoms with Crippen LogP contribution in [-0.2, 0) is 5.41 Å². The molecule has 0 amide bonds. The molecule has 0 N–H and O–H groups in total. The predicted octanol–water partition coefficient (Wildman–Crippen LogP) is 17.2. The van der Waals surface area contributed by atoms with Crippen LogP contribution in [0.25, 0.3) is 87.0 Å². The second kappa shape index (κ2) is 14.3. The molecule has 0 saturated heterocycles. The lowest BCUT2D eigenvalue weighted by atomic mass is 9.80. The van der Waals surface area contributed by atoms with Crippen molar-refractivity contribution >= 4 is 60.4 Å². The molecule has 0 saturated carbocycles. The van der Waals surface area contributed by atoms with Gasteiger partial charge in [-0.25, -0.2) is 0 Å². The van der Waals surface area contributed by atoms with Crippen LogP contribution < -0.4 is 4.90 Å². The maximum atomic E-state index is 6.15. The highest BCUT2D eigenvalue weighted by molar-refractivity contribution is 7.22. The summed E-state index contributed by atoms with van der Waals surface area (Å²) in [5, 5.41) is 3.65. The highest BCUT2D eigenvalue weighted by Gasteiger charge is 2.38. The van der Waals surface area contributed by atoms with Crippen LogP contribution in [0.15, 0.2) is 217 Å². The number of furan rings is 1. The second-order valence-corrected chi connectivity index (χ2v) is 18.0. The Kier molecular flexibility index (Phi) is 8.41. The third-order valence-corrected chi connectivity index (χ3v) is 14.1. The summed E-state index contributed by atoms with van der Waals surface area (Å²) in [6.07, 6.45) is 0. The molecule has 12 rings (SSSR count). The van der Waals surface area contributed by atoms with E-state index in [1.807, 2.05) is 23.5 Å². The van der Waals surface area contributed by atoms with Gasteiger partial charge in [-0.1, -0.05) is 159 Å². The summed E-state index contributed by atoms with van der Waals surface area (Å²) >= 11 is 1.92. The van der Waals surface area contributed by atoms with Crippen molar-refractivity contribution in [2.75, 3.05) is 4.90 Å². The quantitative estimate of drug-likeness (QED) is 0.159. The summed E-state index contributed by atoms with van der Waals surface area (Å²) in [5.41, 5.74) is 18.8. The molecule has 3 heteroatoms. The topological polar surface area (TPSA) is 16.4 Å². The third kappa shape index (κ3) is 6.00. The number of hydrogen-bond acceptors (Lipinski definition) is 3. The predicted molar refractivity (Wildman–Crippen MR) is 263 cm³/mol. The molecular weight excluding hydrogens is 771 g/mol. The van der Waals surface area contributed by atoms with Crippen LogP contribution in [0.2, 0.25) is 0 Å². The normalized spacial score (nSPS) is 12.8. The molecule has 0 spiro atoms. The molecule has 2 nitrogen and oxygen atoms in total. The minimum Gasteiger partial charge on any atom is -0.456 e. The van der Waals surface area contributed by atoms with Gasteiger partial charge in [-0.15, -0.1) is 11.3 Å². The van der Waals surface area contributed by atoms with E-state index in [1.54, 1.807) is 0 Å². The summed E-state index contributed by atoms with van der Waals surface area (Å²) in [7, 11) is 0. The van der Waals surface area contributed by atoms with Gasteiger partial charge < -0.3 is 9.32 Å². The molecule has 1 aliphatic carbocycles. The summed E-state index contributed by atoms with van der Waals surface area (Å²) in [4.78, 5) is 3.79. The molecule has 0 radical (unpaired) electrons. The van der Waals surface area contributed by atoms with Gasteiger partial charge in [0.1, 0.15) is 11.2 Å². The Morgan fingerprint density at radius 1 is 0.387 bits per heavy atom. The number of thiophene rings is 1. The van der Waals surface area contributed by atoms with Crippen LogP contribution in [0.3, 0.4) is 0 Å². The second-order valence-electron chi connectivity index (χ2n) is 16.9. The Morgan fingerprint density at radius 2 is 0.903 bits per heavy atom. The fourth-order valence-electron chi connectivity index (χ4n) is 9.70. The zero-order valence-electron chi connectivity index (χ0n) is 34.5. The molecule has 0 aliphatic heterocycles. The lowest BCUT2D eigenvalue weighted by Crippen LogP contribution is -2.15. The first kappa shape index (κ1) is 36.4. The SMILES string of the molecule is CC1(C)c2cc(-c3cccc(N(c4ccc(-c5ccc(-c6ccccc6)cc5)cc4)c4ccc(-c5ccc6oc7ccccc7c6c5)cc4)c3)ccc2-c2sc3ccccc3c21. The number of anilines is 3. The lowest BCUT2D eigenvalue weighted by molar-refractivity contribution is 0.667. The Labute approximate surface area is 365 Å². The van der Waals surface area contributed by atoms with Crippen LogP contribution >= 0.6 is 11.3 Å². The van der Waals surface area contributed by atoms with Crippen molar-refractivity contribution < 1.29 is 4.42 Å². The van der Waals surface area contributed by atoms with Crippen molar-refractivity contribution in [2.24, 2.45) is 0 Å². The van der Waals surface area contributed by atoms with E-state index in [9.17, 15) is 0 Å². The fraction of sp³-hybridized carbons (Fsp3) is 0.0508. The molecule has 2 heterocycles. The number of rotatable bonds is 7. The van der Waals surface area contributed by atoms with E-state index in [4.69, 9.17) is 4.42 Å². The van der Waals surface area contributed by atoms with Crippen molar-refractivity contribution in [2.45, 2.75) is 19.3 Å². The van der Waals surface area contributed by atoms with Crippen molar-refractivity contribution in [1.82, 2.24) is 0 Å². The van der Waals surface area contributed by atoms with Gasteiger partial charge in [0.2, 0.25) is 0 Å². The van der Waals surface area contributed by atoms with Crippen molar-refractivity contribution in [3.8, 4) is 54.9 Å². The molecule has 0 bridgehead atoms. The standard InChI is InChI=1S/C59H41NOS/c1-59(2)53-37-45(27-33-50(53)58-57(59)51-16-7-9-18-56(51)62-58)43-13-10-14-48(35-43)60(46-29-23-41(24-30-46)40-21-19-39(20-22-40)38-11-4-3-5-12-38)47-31-25-42(26-32-47)44-28-34-55-52(36-44)49-15-6-8-17-54(49)61-55/h3-37H,1-2H3. The number of nitrogens with zero attached hydrogens (tertiary/aromatic N) is 1. The molecule has 294 valence electrons. The number of para-hydroxylation sites is 1. The molecule has 0 atom stereocenters. The summed E-state index contributed by atoms with van der Waals surface area (Å²) in [6.45, 7) is 4.78. The molecule has 0 unspecified atom stereocenters. The van der Waals surface area contributed by atoms with Gasteiger partial charge in [0.05, 0.1) is 0 Å². The van der Waals surface area contributed by atoms with Gasteiger partial charge in [0.25, 0.3) is 0 Å². The van der Waals surface area contributed by atoms with Crippen molar-refractivity contribution in [1.29, 1.82) is 0 Å². The summed E-state index contributed by atoms with van der Waals surface area (Å²) in [6, 6.07) is 77.1. The minimum atomic E-state index is -0.0927. The molecule has 9 aromatic carbocycles. The van der Waals surface area contributed by atoms with Gasteiger partial charge in [-0.2, -0.15) is 0 Å². The zero-order valence-corrected chi connectivity index (χ0v) is 35.3. The van der Waals surface area contributed by atoms with E-state index >= 15 is 0 Å². The van der Waals surface area contributed by atoms with Gasteiger partial charge in [-0.3, -0.25) is 0 Å². The van der Waals surface area contributed by atoms with Crippen molar-refractivity contribution in [3.05, 3.63) is 223 Å². The van der Waals surface area contributed by atoms with Crippen molar-refractivity contribution in [3.63, 3.8) is 0 Å². The van der Waals surface area contributed by atoms with Gasteiger partial charge in [-0.05, 0) is 133 Å². The summed E-state index contributed by atoms with van der Waals surface area (Å²) in [5.74, 6) is 0. The van der Waals surface area contributed by atoms with E-state index in [1.165, 1.54) is 65.0 Å². The Morgan fingerprint density at radius 3 is 1.63 bits per heavy atom. The van der Waals surface area contributed by atoms with E-state index in [0.717, 1.165) is 50.1 Å². The van der Waals surface area contributed by atoms with E-state index in [0.29, 0.717) is 0 Å². The maximum absolute atomic E-state index is 6.15. The molecule has 2 aromatic heterocycles. The van der Waals surface area contributed by atoms with Crippen LogP contribution in [-0.4, -0.2) is 0 Å². The third-order valence-electron chi connectivity index (χ3n) is 12.9. The number of hydrogen-bond donors (Lipinski definition) is 0. The van der Waals surface area contributed by atoms with Crippen LogP contribution in [0.4, 0.5) is 17.1 Å². The number of fused-ring (bicyclic) bond motifs is 8. The first-order valence-electron chi connectivity index (χ1n) is 21.3.